The molecular formula is C25H28FN7O2. The number of likely N-dealkylation sites (N-methyl/N-ethyl adjacent to an activating group) is 2. The van der Waals surface area contributed by atoms with Gasteiger partial charge in [-0.25, -0.2) is 9.37 Å². The predicted molar refractivity (Wildman–Crippen MR) is 135 cm³/mol. The first kappa shape index (κ1) is 24.0. The molecule has 0 spiro atoms. The number of rotatable bonds is 9. The van der Waals surface area contributed by atoms with Crippen LogP contribution in [0.5, 0.6) is 5.75 Å². The molecule has 10 heteroatoms. The number of nitrogens with two attached hydrogens (primary N) is 1. The van der Waals surface area contributed by atoms with E-state index in [0.717, 1.165) is 25.0 Å². The summed E-state index contributed by atoms with van der Waals surface area (Å²) >= 11 is 0. The van der Waals surface area contributed by atoms with Gasteiger partial charge in [-0.2, -0.15) is 4.98 Å². The van der Waals surface area contributed by atoms with Gasteiger partial charge in [-0.3, -0.25) is 9.36 Å². The van der Waals surface area contributed by atoms with Crippen LogP contribution >= 0.6 is 0 Å². The molecule has 35 heavy (non-hydrogen) atoms. The number of primary amides is 1. The summed E-state index contributed by atoms with van der Waals surface area (Å²) in [5.41, 5.74) is 8.04. The summed E-state index contributed by atoms with van der Waals surface area (Å²) in [5, 5.41) is 3.73. The van der Waals surface area contributed by atoms with Crippen molar-refractivity contribution in [2.24, 2.45) is 5.73 Å². The van der Waals surface area contributed by atoms with Crippen molar-refractivity contribution in [2.45, 2.75) is 0 Å². The Labute approximate surface area is 202 Å². The number of halogens is 1. The molecule has 4 rings (SSSR count). The standard InChI is InChI=1S/C25H28FN7O2/c1-31(2)11-12-32(3)21-10-9-16(13-22(21)35-4)29-25-28-14-19(26)24(30-25)33-15-18(23(27)34)17-7-5-6-8-20(17)33/h5-10,13-15H,11-12H2,1-4H3,(H2,27,34)(H,28,29,30). The lowest BCUT2D eigenvalue weighted by atomic mass is 10.2. The maximum absolute atomic E-state index is 14.8. The van der Waals surface area contributed by atoms with Gasteiger partial charge in [0.25, 0.3) is 5.91 Å². The van der Waals surface area contributed by atoms with Gasteiger partial charge in [0.2, 0.25) is 5.95 Å². The SMILES string of the molecule is COc1cc(Nc2ncc(F)c(-n3cc(C(N)=O)c4ccccc43)n2)ccc1N(C)CCN(C)C. The topological polar surface area (TPSA) is 102 Å². The summed E-state index contributed by atoms with van der Waals surface area (Å²) in [6, 6.07) is 12.8. The maximum Gasteiger partial charge on any atom is 0.250 e. The molecule has 0 aliphatic heterocycles. The second kappa shape index (κ2) is 9.98. The number of carbonyl (C=O) groups is 1. The molecule has 0 fully saturated rings. The van der Waals surface area contributed by atoms with Crippen molar-refractivity contribution in [1.82, 2.24) is 19.4 Å². The van der Waals surface area contributed by atoms with Crippen molar-refractivity contribution in [1.29, 1.82) is 0 Å². The van der Waals surface area contributed by atoms with E-state index < -0.39 is 11.7 Å². The number of benzene rings is 2. The zero-order valence-corrected chi connectivity index (χ0v) is 20.1. The first-order valence-corrected chi connectivity index (χ1v) is 11.0. The maximum atomic E-state index is 14.8. The van der Waals surface area contributed by atoms with Crippen LogP contribution in [0.4, 0.5) is 21.7 Å². The molecule has 9 nitrogen and oxygen atoms in total. The van der Waals surface area contributed by atoms with E-state index in [0.29, 0.717) is 22.3 Å². The number of carbonyl (C=O) groups excluding carboxylic acids is 1. The number of fused-ring (bicyclic) bond motifs is 1. The Hall–Kier alpha value is -4.18. The van der Waals surface area contributed by atoms with Crippen LogP contribution in [-0.4, -0.2) is 66.7 Å². The minimum absolute atomic E-state index is 0.00166. The molecule has 3 N–H and O–H groups in total. The molecule has 2 heterocycles. The number of nitrogens with zero attached hydrogens (tertiary/aromatic N) is 5. The zero-order chi connectivity index (χ0) is 25.1. The van der Waals surface area contributed by atoms with Crippen LogP contribution in [0.3, 0.4) is 0 Å². The largest absolute Gasteiger partial charge is 0.495 e. The summed E-state index contributed by atoms with van der Waals surface area (Å²) < 4.78 is 21.9. The van der Waals surface area contributed by atoms with Crippen molar-refractivity contribution < 1.29 is 13.9 Å². The van der Waals surface area contributed by atoms with Crippen LogP contribution < -0.4 is 20.7 Å². The molecule has 0 unspecified atom stereocenters. The van der Waals surface area contributed by atoms with Crippen LogP contribution in [0.1, 0.15) is 10.4 Å². The first-order valence-electron chi connectivity index (χ1n) is 11.0. The third-order valence-corrected chi connectivity index (χ3v) is 5.66. The third-order valence-electron chi connectivity index (χ3n) is 5.66. The Morgan fingerprint density at radius 2 is 1.94 bits per heavy atom. The van der Waals surface area contributed by atoms with Gasteiger partial charge in [-0.15, -0.1) is 0 Å². The van der Waals surface area contributed by atoms with Crippen molar-refractivity contribution >= 4 is 34.1 Å². The van der Waals surface area contributed by atoms with E-state index in [1.54, 1.807) is 31.4 Å². The highest BCUT2D eigenvalue weighted by Crippen LogP contribution is 2.32. The summed E-state index contributed by atoms with van der Waals surface area (Å²) in [7, 11) is 7.68. The van der Waals surface area contributed by atoms with Crippen molar-refractivity contribution in [3.8, 4) is 11.6 Å². The molecule has 4 aromatic rings. The summed E-state index contributed by atoms with van der Waals surface area (Å²) in [4.78, 5) is 24.6. The number of anilines is 3. The van der Waals surface area contributed by atoms with Crippen molar-refractivity contribution in [2.75, 3.05) is 51.6 Å². The van der Waals surface area contributed by atoms with Gasteiger partial charge in [-0.05, 0) is 32.3 Å². The van der Waals surface area contributed by atoms with Gasteiger partial charge >= 0.3 is 0 Å². The lowest BCUT2D eigenvalue weighted by Gasteiger charge is -2.24. The molecule has 2 aromatic carbocycles. The van der Waals surface area contributed by atoms with E-state index in [2.05, 4.69) is 25.1 Å². The molecule has 0 aliphatic carbocycles. The molecular weight excluding hydrogens is 449 g/mol. The van der Waals surface area contributed by atoms with Gasteiger partial charge in [0.05, 0.1) is 30.1 Å². The molecule has 2 aromatic heterocycles. The van der Waals surface area contributed by atoms with E-state index >= 15 is 0 Å². The molecule has 0 bridgehead atoms. The Morgan fingerprint density at radius 1 is 1.17 bits per heavy atom. The smallest absolute Gasteiger partial charge is 0.250 e. The minimum atomic E-state index is -0.636. The van der Waals surface area contributed by atoms with Gasteiger partial charge in [-0.1, -0.05) is 18.2 Å². The number of hydrogen-bond acceptors (Lipinski definition) is 7. The van der Waals surface area contributed by atoms with E-state index in [1.807, 2.05) is 39.3 Å². The van der Waals surface area contributed by atoms with Crippen LogP contribution in [0, 0.1) is 5.82 Å². The second-order valence-corrected chi connectivity index (χ2v) is 8.40. The van der Waals surface area contributed by atoms with Gasteiger partial charge in [0.15, 0.2) is 11.6 Å². The van der Waals surface area contributed by atoms with E-state index in [-0.39, 0.29) is 17.3 Å². The van der Waals surface area contributed by atoms with Crippen molar-refractivity contribution in [3.05, 3.63) is 66.2 Å². The number of aromatic nitrogens is 3. The monoisotopic (exact) mass is 477 g/mol. The molecule has 0 atom stereocenters. The van der Waals surface area contributed by atoms with Crippen LogP contribution in [0.25, 0.3) is 16.7 Å². The van der Waals surface area contributed by atoms with E-state index in [4.69, 9.17) is 10.5 Å². The average Bonchev–Trinajstić information content (AvgIpc) is 3.23. The van der Waals surface area contributed by atoms with E-state index in [1.165, 1.54) is 10.8 Å². The first-order chi connectivity index (χ1) is 16.8. The number of hydrogen-bond donors (Lipinski definition) is 2. The quantitative estimate of drug-likeness (QED) is 0.381. The summed E-state index contributed by atoms with van der Waals surface area (Å²) in [5.74, 6) is -0.367. The van der Waals surface area contributed by atoms with Gasteiger partial charge in [0, 0.05) is 43.5 Å². The molecule has 182 valence electrons. The predicted octanol–water partition coefficient (Wildman–Crippen LogP) is 3.41. The van der Waals surface area contributed by atoms with Crippen LogP contribution in [0.15, 0.2) is 54.9 Å². The minimum Gasteiger partial charge on any atom is -0.495 e. The van der Waals surface area contributed by atoms with Crippen LogP contribution in [0.2, 0.25) is 0 Å². The Balaban J connectivity index is 1.66. The molecule has 0 saturated carbocycles. The summed E-state index contributed by atoms with van der Waals surface area (Å²) in [6.45, 7) is 1.73. The van der Waals surface area contributed by atoms with Crippen LogP contribution in [-0.2, 0) is 0 Å². The van der Waals surface area contributed by atoms with Gasteiger partial charge in [0.1, 0.15) is 5.75 Å². The van der Waals surface area contributed by atoms with Gasteiger partial charge < -0.3 is 25.6 Å². The zero-order valence-electron chi connectivity index (χ0n) is 20.1. The fourth-order valence-electron chi connectivity index (χ4n) is 3.81. The Morgan fingerprint density at radius 3 is 2.66 bits per heavy atom. The normalized spacial score (nSPS) is 11.1. The molecule has 0 aliphatic rings. The summed E-state index contributed by atoms with van der Waals surface area (Å²) in [6.07, 6.45) is 2.58. The number of methoxy groups -OCH3 is 1. The highest BCUT2D eigenvalue weighted by molar-refractivity contribution is 6.06. The fraction of sp³-hybridized carbons (Fsp3) is 0.240. The fourth-order valence-corrected chi connectivity index (χ4v) is 3.81. The molecule has 0 radical (unpaired) electrons. The van der Waals surface area contributed by atoms with Crippen molar-refractivity contribution in [3.63, 3.8) is 0 Å². The van der Waals surface area contributed by atoms with E-state index in [9.17, 15) is 9.18 Å². The third kappa shape index (κ3) is 5.02. The lowest BCUT2D eigenvalue weighted by Crippen LogP contribution is -2.28. The molecule has 1 amide bonds. The lowest BCUT2D eigenvalue weighted by molar-refractivity contribution is 0.100. The second-order valence-electron chi connectivity index (χ2n) is 8.40. The Kier molecular flexibility index (Phi) is 6.83. The number of nitrogens with one attached hydrogen (secondary N) is 1. The molecule has 0 saturated heterocycles. The number of amides is 1. The number of para-hydroxylation sites is 1. The highest BCUT2D eigenvalue weighted by atomic mass is 19.1. The average molecular weight is 478 g/mol. The highest BCUT2D eigenvalue weighted by Gasteiger charge is 2.18. The number of ether oxygens (including phenoxy) is 1. The Bertz CT molecular complexity index is 1370.